The van der Waals surface area contributed by atoms with Crippen LogP contribution in [0.3, 0.4) is 0 Å². The molecule has 2 heterocycles. The SMILES string of the molecule is O=C(Nc1ccc(C(=O)O)c(O)c1)c1ccn2cc(-c3ccccc3)nc2c1. The maximum Gasteiger partial charge on any atom is 0.339 e. The number of carbonyl (C=O) groups is 2. The van der Waals surface area contributed by atoms with Gasteiger partial charge in [0.2, 0.25) is 0 Å². The molecule has 0 unspecified atom stereocenters. The number of aromatic carboxylic acids is 1. The highest BCUT2D eigenvalue weighted by molar-refractivity contribution is 6.05. The van der Waals surface area contributed by atoms with Crippen molar-refractivity contribution in [1.29, 1.82) is 0 Å². The Morgan fingerprint density at radius 1 is 1.00 bits per heavy atom. The number of carboxylic acids is 1. The number of benzene rings is 2. The number of fused-ring (bicyclic) bond motifs is 1. The van der Waals surface area contributed by atoms with E-state index in [-0.39, 0.29) is 5.56 Å². The first-order valence-corrected chi connectivity index (χ1v) is 8.43. The second-order valence-electron chi connectivity index (χ2n) is 6.16. The van der Waals surface area contributed by atoms with E-state index in [1.807, 2.05) is 40.9 Å². The van der Waals surface area contributed by atoms with E-state index in [0.717, 1.165) is 11.3 Å². The molecule has 0 aliphatic heterocycles. The van der Waals surface area contributed by atoms with Crippen LogP contribution < -0.4 is 5.32 Å². The Balaban J connectivity index is 1.59. The highest BCUT2D eigenvalue weighted by Gasteiger charge is 2.13. The summed E-state index contributed by atoms with van der Waals surface area (Å²) in [4.78, 5) is 28.0. The number of pyridine rings is 1. The van der Waals surface area contributed by atoms with Crippen LogP contribution in [0.5, 0.6) is 5.75 Å². The third kappa shape index (κ3) is 3.28. The molecule has 1 amide bonds. The van der Waals surface area contributed by atoms with E-state index in [2.05, 4.69) is 10.3 Å². The summed E-state index contributed by atoms with van der Waals surface area (Å²) in [5.41, 5.74) is 2.85. The molecule has 0 aliphatic rings. The van der Waals surface area contributed by atoms with Gasteiger partial charge in [-0.25, -0.2) is 9.78 Å². The lowest BCUT2D eigenvalue weighted by molar-refractivity contribution is 0.0693. The Morgan fingerprint density at radius 2 is 1.79 bits per heavy atom. The lowest BCUT2D eigenvalue weighted by atomic mass is 10.1. The number of hydrogen-bond acceptors (Lipinski definition) is 4. The highest BCUT2D eigenvalue weighted by atomic mass is 16.4. The number of nitrogens with one attached hydrogen (secondary N) is 1. The normalized spacial score (nSPS) is 10.7. The number of aromatic hydroxyl groups is 1. The standard InChI is InChI=1S/C21H15N3O4/c25-18-11-15(6-7-16(18)21(27)28)22-20(26)14-8-9-24-12-17(23-19(24)10-14)13-4-2-1-3-5-13/h1-12,25H,(H,22,26)(H,27,28). The van der Waals surface area contributed by atoms with E-state index in [0.29, 0.717) is 16.9 Å². The van der Waals surface area contributed by atoms with Gasteiger partial charge in [-0.3, -0.25) is 4.79 Å². The van der Waals surface area contributed by atoms with Gasteiger partial charge in [-0.1, -0.05) is 30.3 Å². The zero-order valence-corrected chi connectivity index (χ0v) is 14.5. The van der Waals surface area contributed by atoms with Gasteiger partial charge < -0.3 is 19.9 Å². The van der Waals surface area contributed by atoms with Crippen molar-refractivity contribution >= 4 is 23.2 Å². The van der Waals surface area contributed by atoms with E-state index in [9.17, 15) is 14.7 Å². The van der Waals surface area contributed by atoms with Crippen molar-refractivity contribution in [2.45, 2.75) is 0 Å². The van der Waals surface area contributed by atoms with Crippen LogP contribution in [0.15, 0.2) is 73.1 Å². The number of nitrogens with zero attached hydrogens (tertiary/aromatic N) is 2. The molecule has 0 aliphatic carbocycles. The summed E-state index contributed by atoms with van der Waals surface area (Å²) >= 11 is 0. The molecular formula is C21H15N3O4. The van der Waals surface area contributed by atoms with Crippen LogP contribution in [0.2, 0.25) is 0 Å². The highest BCUT2D eigenvalue weighted by Crippen LogP contribution is 2.23. The molecule has 28 heavy (non-hydrogen) atoms. The molecule has 2 aromatic carbocycles. The number of anilines is 1. The van der Waals surface area contributed by atoms with Crippen molar-refractivity contribution in [2.75, 3.05) is 5.32 Å². The fourth-order valence-electron chi connectivity index (χ4n) is 2.86. The predicted octanol–water partition coefficient (Wildman–Crippen LogP) is 3.66. The quantitative estimate of drug-likeness (QED) is 0.506. The fraction of sp³-hybridized carbons (Fsp3) is 0. The molecule has 4 aromatic rings. The Hall–Kier alpha value is -4.13. The van der Waals surface area contributed by atoms with Crippen LogP contribution in [-0.4, -0.2) is 31.5 Å². The zero-order chi connectivity index (χ0) is 19.7. The Kier molecular flexibility index (Phi) is 4.25. The summed E-state index contributed by atoms with van der Waals surface area (Å²) < 4.78 is 1.83. The third-order valence-electron chi connectivity index (χ3n) is 4.28. The molecule has 138 valence electrons. The van der Waals surface area contributed by atoms with E-state index < -0.39 is 17.6 Å². The largest absolute Gasteiger partial charge is 0.507 e. The molecule has 0 spiro atoms. The molecule has 0 radical (unpaired) electrons. The number of rotatable bonds is 4. The van der Waals surface area contributed by atoms with E-state index in [4.69, 9.17) is 5.11 Å². The van der Waals surface area contributed by atoms with Crippen LogP contribution >= 0.6 is 0 Å². The molecule has 0 saturated carbocycles. The summed E-state index contributed by atoms with van der Waals surface area (Å²) in [5, 5.41) is 21.3. The summed E-state index contributed by atoms with van der Waals surface area (Å²) in [7, 11) is 0. The summed E-state index contributed by atoms with van der Waals surface area (Å²) in [6, 6.07) is 16.9. The molecule has 2 aromatic heterocycles. The van der Waals surface area contributed by atoms with Gasteiger partial charge in [0.15, 0.2) is 0 Å². The zero-order valence-electron chi connectivity index (χ0n) is 14.5. The number of carbonyl (C=O) groups excluding carboxylic acids is 1. The van der Waals surface area contributed by atoms with Crippen molar-refractivity contribution < 1.29 is 19.8 Å². The molecule has 0 bridgehead atoms. The van der Waals surface area contributed by atoms with Crippen LogP contribution in [-0.2, 0) is 0 Å². The van der Waals surface area contributed by atoms with Gasteiger partial charge in [-0.2, -0.15) is 0 Å². The van der Waals surface area contributed by atoms with E-state index in [1.54, 1.807) is 18.3 Å². The molecule has 4 rings (SSSR count). The van der Waals surface area contributed by atoms with Crippen molar-refractivity contribution in [3.63, 3.8) is 0 Å². The van der Waals surface area contributed by atoms with Gasteiger partial charge >= 0.3 is 5.97 Å². The minimum Gasteiger partial charge on any atom is -0.507 e. The third-order valence-corrected chi connectivity index (χ3v) is 4.28. The van der Waals surface area contributed by atoms with Gasteiger partial charge in [0, 0.05) is 35.3 Å². The minimum atomic E-state index is -1.24. The second-order valence-corrected chi connectivity index (χ2v) is 6.16. The fourth-order valence-corrected chi connectivity index (χ4v) is 2.86. The Morgan fingerprint density at radius 3 is 2.50 bits per heavy atom. The van der Waals surface area contributed by atoms with Gasteiger partial charge in [0.05, 0.1) is 5.69 Å². The van der Waals surface area contributed by atoms with Crippen molar-refractivity contribution in [3.8, 4) is 17.0 Å². The number of imidazole rings is 1. The van der Waals surface area contributed by atoms with Crippen molar-refractivity contribution in [1.82, 2.24) is 9.38 Å². The van der Waals surface area contributed by atoms with Gasteiger partial charge in [-0.05, 0) is 24.3 Å². The average molecular weight is 373 g/mol. The molecule has 7 heteroatoms. The molecule has 0 atom stereocenters. The molecule has 7 nitrogen and oxygen atoms in total. The number of aromatic nitrogens is 2. The Bertz CT molecular complexity index is 1200. The second kappa shape index (κ2) is 6.88. The molecule has 3 N–H and O–H groups in total. The number of amides is 1. The van der Waals surface area contributed by atoms with Crippen molar-refractivity contribution in [2.24, 2.45) is 0 Å². The van der Waals surface area contributed by atoms with Gasteiger partial charge in [-0.15, -0.1) is 0 Å². The summed E-state index contributed by atoms with van der Waals surface area (Å²) in [5.74, 6) is -2.05. The average Bonchev–Trinajstić information content (AvgIpc) is 3.12. The van der Waals surface area contributed by atoms with E-state index >= 15 is 0 Å². The molecule has 0 fully saturated rings. The van der Waals surface area contributed by atoms with Crippen LogP contribution in [0.4, 0.5) is 5.69 Å². The number of phenols is 1. The smallest absolute Gasteiger partial charge is 0.339 e. The number of carboxylic acid groups (broad SMARTS) is 1. The monoisotopic (exact) mass is 373 g/mol. The van der Waals surface area contributed by atoms with Gasteiger partial charge in [0.25, 0.3) is 5.91 Å². The first kappa shape index (κ1) is 17.3. The summed E-state index contributed by atoms with van der Waals surface area (Å²) in [6.45, 7) is 0. The van der Waals surface area contributed by atoms with Crippen LogP contribution in [0.25, 0.3) is 16.9 Å². The Labute approximate surface area is 159 Å². The predicted molar refractivity (Wildman–Crippen MR) is 104 cm³/mol. The first-order valence-electron chi connectivity index (χ1n) is 8.43. The molecule has 0 saturated heterocycles. The van der Waals surface area contributed by atoms with Crippen molar-refractivity contribution in [3.05, 3.63) is 84.2 Å². The van der Waals surface area contributed by atoms with Crippen LogP contribution in [0.1, 0.15) is 20.7 Å². The van der Waals surface area contributed by atoms with Crippen LogP contribution in [0, 0.1) is 0 Å². The lowest BCUT2D eigenvalue weighted by Crippen LogP contribution is -2.12. The first-order chi connectivity index (χ1) is 13.5. The maximum absolute atomic E-state index is 12.5. The summed E-state index contributed by atoms with van der Waals surface area (Å²) in [6.07, 6.45) is 3.63. The van der Waals surface area contributed by atoms with E-state index in [1.165, 1.54) is 18.2 Å². The topological polar surface area (TPSA) is 104 Å². The lowest BCUT2D eigenvalue weighted by Gasteiger charge is -2.07. The van der Waals surface area contributed by atoms with Gasteiger partial charge in [0.1, 0.15) is 17.0 Å². The maximum atomic E-state index is 12.5. The minimum absolute atomic E-state index is 0.231. The molecular weight excluding hydrogens is 358 g/mol. The number of hydrogen-bond donors (Lipinski definition) is 3.